The van der Waals surface area contributed by atoms with E-state index in [0.717, 1.165) is 5.92 Å². The molecule has 1 atom stereocenters. The van der Waals surface area contributed by atoms with Gasteiger partial charge >= 0.3 is 0 Å². The van der Waals surface area contributed by atoms with Crippen molar-refractivity contribution in [3.63, 3.8) is 0 Å². The van der Waals surface area contributed by atoms with E-state index in [0.29, 0.717) is 0 Å². The molecule has 0 aromatic heterocycles. The summed E-state index contributed by atoms with van der Waals surface area (Å²) in [6.45, 7) is 3.23. The first-order valence-corrected chi connectivity index (χ1v) is 6.74. The molecule has 2 rings (SSSR count). The second-order valence-electron chi connectivity index (χ2n) is 5.38. The van der Waals surface area contributed by atoms with Crippen LogP contribution in [0, 0.1) is 5.92 Å². The van der Waals surface area contributed by atoms with Gasteiger partial charge in [-0.05, 0) is 37.3 Å². The molecule has 2 N–H and O–H groups in total. The van der Waals surface area contributed by atoms with Crippen LogP contribution in [0.2, 0.25) is 0 Å². The molecule has 0 saturated heterocycles. The Bertz CT molecular complexity index is 354. The van der Waals surface area contributed by atoms with Gasteiger partial charge in [0.1, 0.15) is 0 Å². The summed E-state index contributed by atoms with van der Waals surface area (Å²) in [7, 11) is 2.19. The van der Waals surface area contributed by atoms with Crippen LogP contribution in [0.15, 0.2) is 24.3 Å². The Morgan fingerprint density at radius 2 is 1.94 bits per heavy atom. The van der Waals surface area contributed by atoms with Crippen LogP contribution in [-0.4, -0.2) is 13.6 Å². The molecule has 0 aliphatic heterocycles. The highest BCUT2D eigenvalue weighted by atomic mass is 15.1. The van der Waals surface area contributed by atoms with E-state index >= 15 is 0 Å². The number of benzene rings is 1. The van der Waals surface area contributed by atoms with E-state index in [2.05, 4.69) is 43.1 Å². The second-order valence-corrected chi connectivity index (χ2v) is 5.38. The number of nitrogens with zero attached hydrogens (tertiary/aromatic N) is 1. The van der Waals surface area contributed by atoms with Gasteiger partial charge in [-0.1, -0.05) is 31.0 Å². The van der Waals surface area contributed by atoms with Crippen molar-refractivity contribution in [3.8, 4) is 0 Å². The Morgan fingerprint density at radius 3 is 2.59 bits per heavy atom. The molecule has 0 bridgehead atoms. The molecular weight excluding hydrogens is 208 g/mol. The largest absolute Gasteiger partial charge is 0.374 e. The number of para-hydroxylation sites is 1. The number of nitrogens with two attached hydrogens (primary N) is 1. The van der Waals surface area contributed by atoms with E-state index in [1.54, 1.807) is 0 Å². The number of hydrogen-bond donors (Lipinski definition) is 1. The first-order valence-electron chi connectivity index (χ1n) is 6.74. The van der Waals surface area contributed by atoms with E-state index in [9.17, 15) is 0 Å². The monoisotopic (exact) mass is 232 g/mol. The van der Waals surface area contributed by atoms with E-state index in [-0.39, 0.29) is 6.04 Å². The normalized spacial score (nSPS) is 18.3. The van der Waals surface area contributed by atoms with Crippen molar-refractivity contribution in [1.29, 1.82) is 0 Å². The second kappa shape index (κ2) is 5.54. The van der Waals surface area contributed by atoms with Crippen molar-refractivity contribution >= 4 is 5.69 Å². The zero-order valence-electron chi connectivity index (χ0n) is 11.0. The number of hydrogen-bond acceptors (Lipinski definition) is 2. The molecule has 0 spiro atoms. The van der Waals surface area contributed by atoms with Gasteiger partial charge in [-0.25, -0.2) is 0 Å². The van der Waals surface area contributed by atoms with Gasteiger partial charge in [0, 0.05) is 25.3 Å². The van der Waals surface area contributed by atoms with Gasteiger partial charge in [0.05, 0.1) is 0 Å². The summed E-state index contributed by atoms with van der Waals surface area (Å²) in [6.07, 6.45) is 5.61. The summed E-state index contributed by atoms with van der Waals surface area (Å²) in [5, 5.41) is 0. The predicted molar refractivity (Wildman–Crippen MR) is 74.3 cm³/mol. The molecule has 2 heteroatoms. The maximum absolute atomic E-state index is 6.03. The lowest BCUT2D eigenvalue weighted by Gasteiger charge is -2.26. The SMILES string of the molecule is CC(N)c1ccccc1N(C)CC1CCCC1. The van der Waals surface area contributed by atoms with Crippen LogP contribution in [0.5, 0.6) is 0 Å². The Hall–Kier alpha value is -1.02. The summed E-state index contributed by atoms with van der Waals surface area (Å²) in [4.78, 5) is 2.38. The molecule has 1 aliphatic rings. The molecule has 1 fully saturated rings. The minimum Gasteiger partial charge on any atom is -0.374 e. The van der Waals surface area contributed by atoms with Crippen LogP contribution in [0.25, 0.3) is 0 Å². The lowest BCUT2D eigenvalue weighted by atomic mass is 10.0. The Labute approximate surface area is 105 Å². The summed E-state index contributed by atoms with van der Waals surface area (Å²) in [6, 6.07) is 8.62. The summed E-state index contributed by atoms with van der Waals surface area (Å²) >= 11 is 0. The van der Waals surface area contributed by atoms with Crippen molar-refractivity contribution in [2.45, 2.75) is 38.6 Å². The van der Waals surface area contributed by atoms with Crippen LogP contribution < -0.4 is 10.6 Å². The molecule has 1 unspecified atom stereocenters. The van der Waals surface area contributed by atoms with Gasteiger partial charge in [-0.2, -0.15) is 0 Å². The smallest absolute Gasteiger partial charge is 0.0412 e. The Morgan fingerprint density at radius 1 is 1.29 bits per heavy atom. The fourth-order valence-electron chi connectivity index (χ4n) is 2.90. The molecule has 17 heavy (non-hydrogen) atoms. The van der Waals surface area contributed by atoms with E-state index in [4.69, 9.17) is 5.73 Å². The molecule has 94 valence electrons. The zero-order valence-corrected chi connectivity index (χ0v) is 11.0. The maximum atomic E-state index is 6.03. The zero-order chi connectivity index (χ0) is 12.3. The Balaban J connectivity index is 2.09. The fourth-order valence-corrected chi connectivity index (χ4v) is 2.90. The van der Waals surface area contributed by atoms with Crippen molar-refractivity contribution in [2.24, 2.45) is 11.7 Å². The summed E-state index contributed by atoms with van der Waals surface area (Å²) < 4.78 is 0. The minimum atomic E-state index is 0.109. The third kappa shape index (κ3) is 3.01. The van der Waals surface area contributed by atoms with Gasteiger partial charge in [0.2, 0.25) is 0 Å². The molecule has 1 aliphatic carbocycles. The highest BCUT2D eigenvalue weighted by Crippen LogP contribution is 2.29. The molecule has 0 radical (unpaired) electrons. The van der Waals surface area contributed by atoms with E-state index in [1.807, 2.05) is 0 Å². The lowest BCUT2D eigenvalue weighted by Crippen LogP contribution is -2.26. The molecule has 1 saturated carbocycles. The van der Waals surface area contributed by atoms with Gasteiger partial charge in [0.15, 0.2) is 0 Å². The van der Waals surface area contributed by atoms with Crippen molar-refractivity contribution in [1.82, 2.24) is 0 Å². The molecule has 0 heterocycles. The lowest BCUT2D eigenvalue weighted by molar-refractivity contribution is 0.546. The number of rotatable bonds is 4. The van der Waals surface area contributed by atoms with Crippen LogP contribution in [-0.2, 0) is 0 Å². The topological polar surface area (TPSA) is 29.3 Å². The third-order valence-corrected chi connectivity index (χ3v) is 3.85. The van der Waals surface area contributed by atoms with Gasteiger partial charge < -0.3 is 10.6 Å². The van der Waals surface area contributed by atoms with E-state index < -0.39 is 0 Å². The van der Waals surface area contributed by atoms with Crippen molar-refractivity contribution < 1.29 is 0 Å². The van der Waals surface area contributed by atoms with E-state index in [1.165, 1.54) is 43.5 Å². The molecule has 1 aromatic carbocycles. The van der Waals surface area contributed by atoms with Gasteiger partial charge in [0.25, 0.3) is 0 Å². The highest BCUT2D eigenvalue weighted by molar-refractivity contribution is 5.54. The summed E-state index contributed by atoms with van der Waals surface area (Å²) in [5.74, 6) is 0.876. The first kappa shape index (κ1) is 12.4. The van der Waals surface area contributed by atoms with Crippen LogP contribution >= 0.6 is 0 Å². The first-order chi connectivity index (χ1) is 8.18. The Kier molecular flexibility index (Phi) is 4.06. The van der Waals surface area contributed by atoms with Crippen LogP contribution in [0.3, 0.4) is 0 Å². The van der Waals surface area contributed by atoms with Crippen LogP contribution in [0.4, 0.5) is 5.69 Å². The van der Waals surface area contributed by atoms with Crippen molar-refractivity contribution in [2.75, 3.05) is 18.5 Å². The standard InChI is InChI=1S/C15H24N2/c1-12(16)14-9-5-6-10-15(14)17(2)11-13-7-3-4-8-13/h5-6,9-10,12-13H,3-4,7-8,11,16H2,1-2H3. The molecule has 2 nitrogen and oxygen atoms in total. The fraction of sp³-hybridized carbons (Fsp3) is 0.600. The molecule has 1 aromatic rings. The van der Waals surface area contributed by atoms with Crippen LogP contribution in [0.1, 0.15) is 44.2 Å². The third-order valence-electron chi connectivity index (χ3n) is 3.85. The molecule has 0 amide bonds. The average molecular weight is 232 g/mol. The minimum absolute atomic E-state index is 0.109. The summed E-state index contributed by atoms with van der Waals surface area (Å²) in [5.41, 5.74) is 8.59. The number of anilines is 1. The quantitative estimate of drug-likeness (QED) is 0.862. The average Bonchev–Trinajstić information content (AvgIpc) is 2.81. The maximum Gasteiger partial charge on any atom is 0.0412 e. The van der Waals surface area contributed by atoms with Gasteiger partial charge in [-0.15, -0.1) is 0 Å². The van der Waals surface area contributed by atoms with Crippen molar-refractivity contribution in [3.05, 3.63) is 29.8 Å². The highest BCUT2D eigenvalue weighted by Gasteiger charge is 2.18. The molecular formula is C15H24N2. The van der Waals surface area contributed by atoms with Gasteiger partial charge in [-0.3, -0.25) is 0 Å². The predicted octanol–water partition coefficient (Wildman–Crippen LogP) is 3.33.